The molecule has 0 aliphatic carbocycles. The monoisotopic (exact) mass is 401 g/mol. The van der Waals surface area contributed by atoms with Crippen molar-refractivity contribution in [2.24, 2.45) is 0 Å². The normalized spacial score (nSPS) is 11.7. The molecule has 2 aromatic rings. The highest BCUT2D eigenvalue weighted by Gasteiger charge is 2.11. The van der Waals surface area contributed by atoms with E-state index in [1.54, 1.807) is 6.92 Å². The molecule has 5 nitrogen and oxygen atoms in total. The highest BCUT2D eigenvalue weighted by molar-refractivity contribution is 8.00. The van der Waals surface area contributed by atoms with Crippen LogP contribution >= 0.6 is 11.8 Å². The van der Waals surface area contributed by atoms with Gasteiger partial charge in [-0.1, -0.05) is 37.3 Å². The Hall–Kier alpha value is -2.23. The van der Waals surface area contributed by atoms with Crippen molar-refractivity contribution in [1.82, 2.24) is 4.98 Å². The van der Waals surface area contributed by atoms with Crippen molar-refractivity contribution in [3.63, 3.8) is 0 Å². The summed E-state index contributed by atoms with van der Waals surface area (Å²) in [5.74, 6) is 6.92. The van der Waals surface area contributed by atoms with Crippen molar-refractivity contribution in [3.05, 3.63) is 41.3 Å². The fourth-order valence-corrected chi connectivity index (χ4v) is 3.10. The molecule has 0 bridgehead atoms. The summed E-state index contributed by atoms with van der Waals surface area (Å²) >= 11 is 1.30. The van der Waals surface area contributed by atoms with Crippen LogP contribution in [0.4, 0.5) is 0 Å². The average molecular weight is 402 g/mol. The third-order valence-electron chi connectivity index (χ3n) is 4.17. The minimum Gasteiger partial charge on any atom is -0.480 e. The predicted molar refractivity (Wildman–Crippen MR) is 113 cm³/mol. The number of aromatic nitrogens is 1. The number of oxazole rings is 1. The number of aliphatic carboxylic acids is 1. The van der Waals surface area contributed by atoms with Gasteiger partial charge in [0, 0.05) is 12.0 Å². The van der Waals surface area contributed by atoms with Crippen LogP contribution in [0.5, 0.6) is 0 Å². The average Bonchev–Trinajstić information content (AvgIpc) is 3.05. The molecule has 1 N–H and O–H groups in total. The van der Waals surface area contributed by atoms with Crippen LogP contribution in [0.2, 0.25) is 0 Å². The van der Waals surface area contributed by atoms with Gasteiger partial charge in [-0.15, -0.1) is 11.8 Å². The quantitative estimate of drug-likeness (QED) is 0.471. The largest absolute Gasteiger partial charge is 0.480 e. The summed E-state index contributed by atoms with van der Waals surface area (Å²) in [6.45, 7) is 6.57. The van der Waals surface area contributed by atoms with E-state index in [2.05, 4.69) is 48.0 Å². The van der Waals surface area contributed by atoms with Crippen LogP contribution in [-0.4, -0.2) is 40.3 Å². The van der Waals surface area contributed by atoms with E-state index >= 15 is 0 Å². The summed E-state index contributed by atoms with van der Waals surface area (Å²) < 4.78 is 11.3. The molecule has 6 heteroatoms. The number of carboxylic acid groups (broad SMARTS) is 1. The second-order valence-electron chi connectivity index (χ2n) is 6.42. The Kier molecular flexibility index (Phi) is 9.12. The van der Waals surface area contributed by atoms with Gasteiger partial charge in [0.25, 0.3) is 0 Å². The lowest BCUT2D eigenvalue weighted by atomic mass is 10.1. The van der Waals surface area contributed by atoms with Crippen LogP contribution in [0.1, 0.15) is 37.3 Å². The van der Waals surface area contributed by atoms with Gasteiger partial charge in [0.1, 0.15) is 17.6 Å². The summed E-state index contributed by atoms with van der Waals surface area (Å²) in [6, 6.07) is 8.34. The Morgan fingerprint density at radius 2 is 2.04 bits per heavy atom. The first-order valence-corrected chi connectivity index (χ1v) is 10.5. The molecule has 1 unspecified atom stereocenters. The van der Waals surface area contributed by atoms with Gasteiger partial charge >= 0.3 is 5.97 Å². The first-order valence-electron chi connectivity index (χ1n) is 9.44. The Labute approximate surface area is 170 Å². The van der Waals surface area contributed by atoms with Gasteiger partial charge in [-0.25, -0.2) is 4.98 Å². The minimum absolute atomic E-state index is 0.324. The molecular weight excluding hydrogens is 374 g/mol. The molecule has 1 aromatic carbocycles. The zero-order valence-corrected chi connectivity index (χ0v) is 17.5. The number of benzene rings is 1. The van der Waals surface area contributed by atoms with Crippen LogP contribution in [0.15, 0.2) is 28.7 Å². The van der Waals surface area contributed by atoms with Crippen LogP contribution in [0.3, 0.4) is 0 Å². The molecule has 0 spiro atoms. The van der Waals surface area contributed by atoms with E-state index in [1.165, 1.54) is 17.3 Å². The molecule has 0 aliphatic heterocycles. The molecule has 2 rings (SSSR count). The lowest BCUT2D eigenvalue weighted by Gasteiger charge is -2.00. The van der Waals surface area contributed by atoms with Gasteiger partial charge in [-0.2, -0.15) is 0 Å². The highest BCUT2D eigenvalue weighted by atomic mass is 32.2. The van der Waals surface area contributed by atoms with Gasteiger partial charge in [-0.3, -0.25) is 4.79 Å². The molecule has 0 saturated carbocycles. The Morgan fingerprint density at radius 1 is 1.29 bits per heavy atom. The fraction of sp³-hybridized carbons (Fsp3) is 0.455. The molecule has 150 valence electrons. The summed E-state index contributed by atoms with van der Waals surface area (Å²) in [4.78, 5) is 15.3. The van der Waals surface area contributed by atoms with Crippen molar-refractivity contribution < 1.29 is 19.1 Å². The van der Waals surface area contributed by atoms with Crippen LogP contribution in [-0.2, 0) is 22.4 Å². The van der Waals surface area contributed by atoms with E-state index in [0.29, 0.717) is 31.3 Å². The van der Waals surface area contributed by atoms with Gasteiger partial charge < -0.3 is 14.3 Å². The Morgan fingerprint density at radius 3 is 2.71 bits per heavy atom. The second-order valence-corrected chi connectivity index (χ2v) is 7.75. The maximum absolute atomic E-state index is 10.7. The number of hydrogen-bond donors (Lipinski definition) is 1. The van der Waals surface area contributed by atoms with Gasteiger partial charge in [0.2, 0.25) is 5.89 Å². The molecule has 1 heterocycles. The molecule has 1 aromatic heterocycles. The summed E-state index contributed by atoms with van der Waals surface area (Å²) in [5.41, 5.74) is 3.19. The van der Waals surface area contributed by atoms with E-state index in [1.807, 2.05) is 6.92 Å². The van der Waals surface area contributed by atoms with Gasteiger partial charge in [-0.05, 0) is 38.0 Å². The first-order chi connectivity index (χ1) is 13.5. The number of rotatable bonds is 10. The fourth-order valence-electron chi connectivity index (χ4n) is 2.52. The Balaban J connectivity index is 1.76. The first kappa shape index (κ1) is 22.1. The Bertz CT molecular complexity index is 817. The number of nitrogens with zero attached hydrogens (tertiary/aromatic N) is 1. The van der Waals surface area contributed by atoms with E-state index in [9.17, 15) is 4.79 Å². The highest BCUT2D eigenvalue weighted by Crippen LogP contribution is 2.22. The summed E-state index contributed by atoms with van der Waals surface area (Å²) in [6.07, 6.45) is 2.87. The molecule has 0 radical (unpaired) electrons. The lowest BCUT2D eigenvalue weighted by Crippen LogP contribution is -2.11. The van der Waals surface area contributed by atoms with Crippen molar-refractivity contribution in [2.45, 2.75) is 45.3 Å². The molecule has 0 amide bonds. The maximum atomic E-state index is 10.7. The molecule has 0 saturated heterocycles. The van der Waals surface area contributed by atoms with Crippen molar-refractivity contribution in [1.29, 1.82) is 0 Å². The van der Waals surface area contributed by atoms with Crippen molar-refractivity contribution in [3.8, 4) is 23.3 Å². The third kappa shape index (κ3) is 7.06. The zero-order chi connectivity index (χ0) is 20.4. The summed E-state index contributed by atoms with van der Waals surface area (Å²) in [7, 11) is 0. The van der Waals surface area contributed by atoms with E-state index in [-0.39, 0.29) is 0 Å². The van der Waals surface area contributed by atoms with Crippen LogP contribution in [0, 0.1) is 18.8 Å². The summed E-state index contributed by atoms with van der Waals surface area (Å²) in [5, 5.41) is 8.34. The standard InChI is InChI=1S/C22H27NO4S/c1-4-7-18-8-10-19(11-9-18)21-23-20(16(2)27-21)12-14-26-13-5-6-15-28-17(3)22(24)25/h8-11,17H,4,7,12-15H2,1-3H3,(H,24,25). The smallest absolute Gasteiger partial charge is 0.316 e. The van der Waals surface area contributed by atoms with E-state index < -0.39 is 11.2 Å². The van der Waals surface area contributed by atoms with Gasteiger partial charge in [0.15, 0.2) is 0 Å². The number of carbonyl (C=O) groups is 1. The van der Waals surface area contributed by atoms with Crippen LogP contribution in [0.25, 0.3) is 11.5 Å². The van der Waals surface area contributed by atoms with Gasteiger partial charge in [0.05, 0.1) is 18.1 Å². The number of thioether (sulfide) groups is 1. The number of ether oxygens (including phenoxy) is 1. The number of aryl methyl sites for hydroxylation is 2. The molecule has 28 heavy (non-hydrogen) atoms. The van der Waals surface area contributed by atoms with Crippen molar-refractivity contribution in [2.75, 3.05) is 19.0 Å². The van der Waals surface area contributed by atoms with E-state index in [0.717, 1.165) is 29.9 Å². The zero-order valence-electron chi connectivity index (χ0n) is 16.7. The third-order valence-corrected chi connectivity index (χ3v) is 5.18. The SMILES string of the molecule is CCCc1ccc(-c2nc(CCOCC#CCSC(C)C(=O)O)c(C)o2)cc1. The maximum Gasteiger partial charge on any atom is 0.316 e. The van der Waals surface area contributed by atoms with Crippen LogP contribution < -0.4 is 0 Å². The minimum atomic E-state index is -0.817. The van der Waals surface area contributed by atoms with E-state index in [4.69, 9.17) is 14.3 Å². The number of hydrogen-bond acceptors (Lipinski definition) is 5. The molecular formula is C22H27NO4S. The predicted octanol–water partition coefficient (Wildman–Crippen LogP) is 4.37. The molecule has 1 atom stereocenters. The molecule has 0 fully saturated rings. The topological polar surface area (TPSA) is 72.6 Å². The van der Waals surface area contributed by atoms with Crippen molar-refractivity contribution >= 4 is 17.7 Å². The molecule has 0 aliphatic rings. The second kappa shape index (κ2) is 11.6. The number of carboxylic acids is 1. The lowest BCUT2D eigenvalue weighted by molar-refractivity contribution is -0.136.